The van der Waals surface area contributed by atoms with Gasteiger partial charge in [-0.1, -0.05) is 12.1 Å². The molecule has 80 valence electrons. The summed E-state index contributed by atoms with van der Waals surface area (Å²) in [5.41, 5.74) is 1.46. The molecule has 0 unspecified atom stereocenters. The van der Waals surface area contributed by atoms with Crippen LogP contribution in [-0.4, -0.2) is 7.11 Å². The van der Waals surface area contributed by atoms with E-state index in [0.717, 1.165) is 11.7 Å². The van der Waals surface area contributed by atoms with Crippen LogP contribution in [0.15, 0.2) is 24.3 Å². The minimum absolute atomic E-state index is 0.680. The van der Waals surface area contributed by atoms with E-state index in [2.05, 4.69) is 31.2 Å². The van der Waals surface area contributed by atoms with Crippen LogP contribution in [0.3, 0.4) is 0 Å². The van der Waals surface area contributed by atoms with Gasteiger partial charge in [0.15, 0.2) is 0 Å². The van der Waals surface area contributed by atoms with Gasteiger partial charge in [0.1, 0.15) is 5.75 Å². The van der Waals surface area contributed by atoms with Crippen LogP contribution in [0.25, 0.3) is 0 Å². The molecule has 15 heavy (non-hydrogen) atoms. The van der Waals surface area contributed by atoms with Gasteiger partial charge in [-0.3, -0.25) is 0 Å². The number of methoxy groups -OCH3 is 1. The highest BCUT2D eigenvalue weighted by atomic mass is 16.5. The van der Waals surface area contributed by atoms with Gasteiger partial charge in [-0.25, -0.2) is 0 Å². The van der Waals surface area contributed by atoms with Gasteiger partial charge in [0.2, 0.25) is 0 Å². The number of benzene rings is 1. The molecule has 0 atom stereocenters. The molecule has 1 nitrogen and oxygen atoms in total. The molecule has 0 aliphatic heterocycles. The third kappa shape index (κ3) is 2.47. The molecule has 1 fully saturated rings. The monoisotopic (exact) mass is 203 g/mol. The fourth-order valence-corrected chi connectivity index (χ4v) is 2.37. The molecule has 1 saturated carbocycles. The van der Waals surface area contributed by atoms with E-state index in [4.69, 9.17) is 4.74 Å². The van der Waals surface area contributed by atoms with Crippen LogP contribution >= 0.6 is 0 Å². The Morgan fingerprint density at radius 1 is 1.07 bits per heavy atom. The SMILES string of the molecule is [CH2+]C1CCC(c2ccc(OC)cc2)CC1. The number of ether oxygens (including phenoxy) is 1. The molecule has 1 heteroatoms. The predicted octanol–water partition coefficient (Wildman–Crippen LogP) is 3.80. The largest absolute Gasteiger partial charge is 0.497 e. The van der Waals surface area contributed by atoms with Crippen molar-refractivity contribution in [1.82, 2.24) is 0 Å². The zero-order valence-electron chi connectivity index (χ0n) is 9.41. The summed E-state index contributed by atoms with van der Waals surface area (Å²) in [6.45, 7) is 4.13. The van der Waals surface area contributed by atoms with E-state index < -0.39 is 0 Å². The summed E-state index contributed by atoms with van der Waals surface area (Å²) in [7, 11) is 1.71. The van der Waals surface area contributed by atoms with Gasteiger partial charge in [0.25, 0.3) is 0 Å². The van der Waals surface area contributed by atoms with Crippen molar-refractivity contribution in [1.29, 1.82) is 0 Å². The van der Waals surface area contributed by atoms with Crippen molar-refractivity contribution in [2.45, 2.75) is 31.6 Å². The molecule has 0 aromatic heterocycles. The molecule has 0 saturated heterocycles. The van der Waals surface area contributed by atoms with Crippen LogP contribution in [0, 0.1) is 12.8 Å². The summed E-state index contributed by atoms with van der Waals surface area (Å²) in [6.07, 6.45) is 5.13. The maximum atomic E-state index is 5.16. The van der Waals surface area contributed by atoms with E-state index in [1.807, 2.05) is 0 Å². The van der Waals surface area contributed by atoms with Crippen molar-refractivity contribution in [3.05, 3.63) is 36.8 Å². The Bertz CT molecular complexity index is 294. The smallest absolute Gasteiger partial charge is 0.118 e. The molecule has 1 aliphatic carbocycles. The van der Waals surface area contributed by atoms with Crippen LogP contribution in [-0.2, 0) is 0 Å². The van der Waals surface area contributed by atoms with Gasteiger partial charge < -0.3 is 4.74 Å². The first kappa shape index (κ1) is 10.4. The third-order valence-corrected chi connectivity index (χ3v) is 3.43. The molecule has 0 amide bonds. The highest BCUT2D eigenvalue weighted by molar-refractivity contribution is 5.29. The average molecular weight is 203 g/mol. The summed E-state index contributed by atoms with van der Waals surface area (Å²) in [5.74, 6) is 2.37. The predicted molar refractivity (Wildman–Crippen MR) is 63.1 cm³/mol. The Labute approximate surface area is 92.5 Å². The lowest BCUT2D eigenvalue weighted by atomic mass is 9.79. The fraction of sp³-hybridized carbons (Fsp3) is 0.500. The Hall–Kier alpha value is -1.11. The maximum Gasteiger partial charge on any atom is 0.118 e. The van der Waals surface area contributed by atoms with Crippen molar-refractivity contribution >= 4 is 0 Å². The summed E-state index contributed by atoms with van der Waals surface area (Å²) in [6, 6.07) is 8.52. The Morgan fingerprint density at radius 3 is 2.20 bits per heavy atom. The molecular formula is C14H19O+. The summed E-state index contributed by atoms with van der Waals surface area (Å²) in [4.78, 5) is 0. The lowest BCUT2D eigenvalue weighted by molar-refractivity contribution is 0.373. The van der Waals surface area contributed by atoms with E-state index in [1.165, 1.54) is 31.2 Å². The highest BCUT2D eigenvalue weighted by Gasteiger charge is 2.22. The second kappa shape index (κ2) is 4.61. The molecule has 2 rings (SSSR count). The van der Waals surface area contributed by atoms with E-state index in [0.29, 0.717) is 5.92 Å². The molecule has 0 radical (unpaired) electrons. The first-order valence-electron chi connectivity index (χ1n) is 5.76. The number of hydrogen-bond donors (Lipinski definition) is 0. The first-order valence-corrected chi connectivity index (χ1v) is 5.76. The Balaban J connectivity index is 2.03. The average Bonchev–Trinajstić information content (AvgIpc) is 2.30. The van der Waals surface area contributed by atoms with Crippen LogP contribution in [0.5, 0.6) is 5.75 Å². The topological polar surface area (TPSA) is 9.23 Å². The zero-order chi connectivity index (χ0) is 10.7. The van der Waals surface area contributed by atoms with Crippen molar-refractivity contribution in [3.63, 3.8) is 0 Å². The van der Waals surface area contributed by atoms with E-state index >= 15 is 0 Å². The van der Waals surface area contributed by atoms with E-state index in [9.17, 15) is 0 Å². The molecule has 0 bridgehead atoms. The van der Waals surface area contributed by atoms with Gasteiger partial charge >= 0.3 is 0 Å². The van der Waals surface area contributed by atoms with Crippen molar-refractivity contribution in [2.75, 3.05) is 7.11 Å². The van der Waals surface area contributed by atoms with Crippen LogP contribution in [0.2, 0.25) is 0 Å². The van der Waals surface area contributed by atoms with Crippen molar-refractivity contribution in [3.8, 4) is 5.75 Å². The second-order valence-corrected chi connectivity index (χ2v) is 4.49. The second-order valence-electron chi connectivity index (χ2n) is 4.49. The van der Waals surface area contributed by atoms with Crippen LogP contribution in [0.1, 0.15) is 37.2 Å². The van der Waals surface area contributed by atoms with Crippen LogP contribution in [0.4, 0.5) is 0 Å². The normalized spacial score (nSPS) is 26.2. The standard InChI is InChI=1S/C14H19O/c1-11-3-5-12(6-4-11)13-7-9-14(15-2)10-8-13/h7-12H,1,3-6H2,2H3/q+1. The number of hydrogen-bond acceptors (Lipinski definition) is 1. The summed E-state index contributed by atoms with van der Waals surface area (Å²) < 4.78 is 5.16. The van der Waals surface area contributed by atoms with Gasteiger partial charge in [-0.05, 0) is 49.3 Å². The lowest BCUT2D eigenvalue weighted by Gasteiger charge is -2.23. The lowest BCUT2D eigenvalue weighted by Crippen LogP contribution is -2.10. The Kier molecular flexibility index (Phi) is 3.20. The molecular weight excluding hydrogens is 184 g/mol. The van der Waals surface area contributed by atoms with Gasteiger partial charge in [-0.2, -0.15) is 0 Å². The van der Waals surface area contributed by atoms with Gasteiger partial charge in [-0.15, -0.1) is 0 Å². The third-order valence-electron chi connectivity index (χ3n) is 3.43. The highest BCUT2D eigenvalue weighted by Crippen LogP contribution is 2.35. The quantitative estimate of drug-likeness (QED) is 0.664. The van der Waals surface area contributed by atoms with Gasteiger partial charge in [0, 0.05) is 0 Å². The number of rotatable bonds is 2. The first-order chi connectivity index (χ1) is 7.29. The summed E-state index contributed by atoms with van der Waals surface area (Å²) in [5, 5.41) is 0. The van der Waals surface area contributed by atoms with E-state index in [-0.39, 0.29) is 0 Å². The molecule has 0 N–H and O–H groups in total. The molecule has 0 spiro atoms. The summed E-state index contributed by atoms with van der Waals surface area (Å²) >= 11 is 0. The van der Waals surface area contributed by atoms with Crippen LogP contribution < -0.4 is 4.74 Å². The molecule has 1 aromatic rings. The van der Waals surface area contributed by atoms with E-state index in [1.54, 1.807) is 7.11 Å². The molecule has 1 aromatic carbocycles. The van der Waals surface area contributed by atoms with Crippen molar-refractivity contribution in [2.24, 2.45) is 5.92 Å². The molecule has 0 heterocycles. The van der Waals surface area contributed by atoms with Crippen molar-refractivity contribution < 1.29 is 4.74 Å². The molecule has 1 aliphatic rings. The zero-order valence-corrected chi connectivity index (χ0v) is 9.41. The minimum atomic E-state index is 0.680. The Morgan fingerprint density at radius 2 is 1.67 bits per heavy atom. The van der Waals surface area contributed by atoms with Gasteiger partial charge in [0.05, 0.1) is 20.0 Å². The maximum absolute atomic E-state index is 5.16. The fourth-order valence-electron chi connectivity index (χ4n) is 2.37. The minimum Gasteiger partial charge on any atom is -0.497 e.